The highest BCUT2D eigenvalue weighted by atomic mass is 79.9. The number of nitrogens with zero attached hydrogens (tertiary/aromatic N) is 1. The quantitative estimate of drug-likeness (QED) is 0.874. The third-order valence-electron chi connectivity index (χ3n) is 2.50. The SMILES string of the molecule is CC(Nc1ccc(Br)c(Cl)c1)c1ccc(F)cn1. The van der Waals surface area contributed by atoms with Gasteiger partial charge in [0.2, 0.25) is 0 Å². The minimum Gasteiger partial charge on any atom is -0.377 e. The van der Waals surface area contributed by atoms with Crippen molar-refractivity contribution in [2.75, 3.05) is 5.32 Å². The lowest BCUT2D eigenvalue weighted by molar-refractivity contribution is 0.617. The van der Waals surface area contributed by atoms with E-state index in [2.05, 4.69) is 26.2 Å². The number of benzene rings is 1. The van der Waals surface area contributed by atoms with Gasteiger partial charge in [-0.05, 0) is 53.2 Å². The van der Waals surface area contributed by atoms with E-state index in [1.54, 1.807) is 6.07 Å². The predicted molar refractivity (Wildman–Crippen MR) is 75.4 cm³/mol. The van der Waals surface area contributed by atoms with Crippen molar-refractivity contribution in [3.8, 4) is 0 Å². The Hall–Kier alpha value is -1.13. The molecule has 0 fully saturated rings. The third-order valence-corrected chi connectivity index (χ3v) is 3.73. The molecule has 94 valence electrons. The maximum Gasteiger partial charge on any atom is 0.141 e. The van der Waals surface area contributed by atoms with Gasteiger partial charge in [0.25, 0.3) is 0 Å². The molecule has 0 aliphatic heterocycles. The molecule has 0 saturated heterocycles. The Bertz CT molecular complexity index is 545. The van der Waals surface area contributed by atoms with E-state index >= 15 is 0 Å². The van der Waals surface area contributed by atoms with Gasteiger partial charge in [0.15, 0.2) is 0 Å². The summed E-state index contributed by atoms with van der Waals surface area (Å²) >= 11 is 9.35. The zero-order valence-electron chi connectivity index (χ0n) is 9.62. The van der Waals surface area contributed by atoms with Gasteiger partial charge in [-0.15, -0.1) is 0 Å². The Morgan fingerprint density at radius 2 is 2.11 bits per heavy atom. The molecule has 1 N–H and O–H groups in total. The molecule has 2 rings (SSSR count). The molecule has 0 spiro atoms. The first-order valence-corrected chi connectivity index (χ1v) is 6.56. The maximum atomic E-state index is 12.8. The van der Waals surface area contributed by atoms with Crippen LogP contribution in [0.1, 0.15) is 18.7 Å². The van der Waals surface area contributed by atoms with E-state index < -0.39 is 0 Å². The molecule has 18 heavy (non-hydrogen) atoms. The summed E-state index contributed by atoms with van der Waals surface area (Å²) in [4.78, 5) is 4.03. The summed E-state index contributed by atoms with van der Waals surface area (Å²) in [6, 6.07) is 8.64. The van der Waals surface area contributed by atoms with Crippen LogP contribution in [0.25, 0.3) is 0 Å². The van der Waals surface area contributed by atoms with Crippen LogP contribution in [0, 0.1) is 5.82 Å². The van der Waals surface area contributed by atoms with Crippen LogP contribution in [0.5, 0.6) is 0 Å². The molecule has 5 heteroatoms. The molecule has 2 aromatic rings. The van der Waals surface area contributed by atoms with E-state index in [0.29, 0.717) is 5.02 Å². The Labute approximate surface area is 118 Å². The van der Waals surface area contributed by atoms with E-state index in [1.165, 1.54) is 12.3 Å². The number of halogens is 3. The molecule has 1 atom stereocenters. The van der Waals surface area contributed by atoms with Crippen LogP contribution in [0.15, 0.2) is 41.0 Å². The highest BCUT2D eigenvalue weighted by molar-refractivity contribution is 9.10. The summed E-state index contributed by atoms with van der Waals surface area (Å²) in [6.07, 6.45) is 1.21. The normalized spacial score (nSPS) is 12.2. The standard InChI is InChI=1S/C13H11BrClFN2/c1-8(13-5-2-9(16)7-17-13)18-10-3-4-11(14)12(15)6-10/h2-8,18H,1H3. The summed E-state index contributed by atoms with van der Waals surface area (Å²) in [7, 11) is 0. The predicted octanol–water partition coefficient (Wildman–Crippen LogP) is 4.81. The molecule has 0 saturated carbocycles. The van der Waals surface area contributed by atoms with Gasteiger partial charge in [-0.2, -0.15) is 0 Å². The van der Waals surface area contributed by atoms with Crippen LogP contribution in [0.2, 0.25) is 5.02 Å². The Kier molecular flexibility index (Phi) is 4.19. The van der Waals surface area contributed by atoms with Crippen LogP contribution in [0.3, 0.4) is 0 Å². The van der Waals surface area contributed by atoms with Crippen LogP contribution in [-0.2, 0) is 0 Å². The lowest BCUT2D eigenvalue weighted by atomic mass is 10.2. The fraction of sp³-hybridized carbons (Fsp3) is 0.154. The van der Waals surface area contributed by atoms with Gasteiger partial charge in [0.1, 0.15) is 5.82 Å². The summed E-state index contributed by atoms with van der Waals surface area (Å²) in [5.41, 5.74) is 1.66. The van der Waals surface area contributed by atoms with E-state index in [4.69, 9.17) is 11.6 Å². The van der Waals surface area contributed by atoms with Crippen LogP contribution >= 0.6 is 27.5 Å². The third kappa shape index (κ3) is 3.21. The van der Waals surface area contributed by atoms with Crippen molar-refractivity contribution in [1.29, 1.82) is 0 Å². The molecule has 0 amide bonds. The molecule has 0 radical (unpaired) electrons. The second-order valence-corrected chi connectivity index (χ2v) is 5.16. The van der Waals surface area contributed by atoms with Gasteiger partial charge < -0.3 is 5.32 Å². The van der Waals surface area contributed by atoms with Gasteiger partial charge >= 0.3 is 0 Å². The summed E-state index contributed by atoms with van der Waals surface area (Å²) in [5.74, 6) is -0.336. The smallest absolute Gasteiger partial charge is 0.141 e. The molecule has 0 aliphatic rings. The highest BCUT2D eigenvalue weighted by Gasteiger charge is 2.07. The molecule has 1 aromatic heterocycles. The number of nitrogens with one attached hydrogen (secondary N) is 1. The zero-order valence-corrected chi connectivity index (χ0v) is 12.0. The average molecular weight is 330 g/mol. The van der Waals surface area contributed by atoms with Gasteiger partial charge in [-0.1, -0.05) is 11.6 Å². The van der Waals surface area contributed by atoms with Crippen molar-refractivity contribution in [2.24, 2.45) is 0 Å². The molecule has 2 nitrogen and oxygen atoms in total. The Morgan fingerprint density at radius 3 is 2.72 bits per heavy atom. The lowest BCUT2D eigenvalue weighted by Gasteiger charge is -2.15. The molecule has 1 aromatic carbocycles. The largest absolute Gasteiger partial charge is 0.377 e. The second-order valence-electron chi connectivity index (χ2n) is 3.90. The number of rotatable bonds is 3. The topological polar surface area (TPSA) is 24.9 Å². The highest BCUT2D eigenvalue weighted by Crippen LogP contribution is 2.27. The lowest BCUT2D eigenvalue weighted by Crippen LogP contribution is -2.08. The number of pyridine rings is 1. The van der Waals surface area contributed by atoms with Gasteiger partial charge in [-0.3, -0.25) is 4.98 Å². The number of aromatic nitrogens is 1. The van der Waals surface area contributed by atoms with Crippen molar-refractivity contribution >= 4 is 33.2 Å². The fourth-order valence-corrected chi connectivity index (χ4v) is 1.98. The van der Waals surface area contributed by atoms with Crippen molar-refractivity contribution in [1.82, 2.24) is 4.98 Å². The van der Waals surface area contributed by atoms with Gasteiger partial charge in [0.05, 0.1) is 23.0 Å². The van der Waals surface area contributed by atoms with Crippen LogP contribution in [0.4, 0.5) is 10.1 Å². The molecule has 1 unspecified atom stereocenters. The average Bonchev–Trinajstić information content (AvgIpc) is 2.34. The first kappa shape index (κ1) is 13.3. The zero-order chi connectivity index (χ0) is 13.1. The number of anilines is 1. The van der Waals surface area contributed by atoms with E-state index in [9.17, 15) is 4.39 Å². The van der Waals surface area contributed by atoms with Crippen molar-refractivity contribution in [2.45, 2.75) is 13.0 Å². The molecule has 1 heterocycles. The van der Waals surface area contributed by atoms with Crippen molar-refractivity contribution in [3.63, 3.8) is 0 Å². The van der Waals surface area contributed by atoms with Gasteiger partial charge in [-0.25, -0.2) is 4.39 Å². The molecule has 0 aliphatic carbocycles. The monoisotopic (exact) mass is 328 g/mol. The summed E-state index contributed by atoms with van der Waals surface area (Å²) in [5, 5.41) is 3.89. The maximum absolute atomic E-state index is 12.8. The van der Waals surface area contributed by atoms with Gasteiger partial charge in [0, 0.05) is 10.2 Å². The number of hydrogen-bond donors (Lipinski definition) is 1. The minimum atomic E-state index is -0.336. The summed E-state index contributed by atoms with van der Waals surface area (Å²) < 4.78 is 13.6. The van der Waals surface area contributed by atoms with E-state index in [0.717, 1.165) is 15.9 Å². The van der Waals surface area contributed by atoms with E-state index in [1.807, 2.05) is 25.1 Å². The van der Waals surface area contributed by atoms with Crippen molar-refractivity contribution < 1.29 is 4.39 Å². The van der Waals surface area contributed by atoms with Crippen LogP contribution < -0.4 is 5.32 Å². The first-order valence-electron chi connectivity index (χ1n) is 5.39. The fourth-order valence-electron chi connectivity index (χ4n) is 1.55. The first-order chi connectivity index (χ1) is 8.56. The Morgan fingerprint density at radius 1 is 1.33 bits per heavy atom. The van der Waals surface area contributed by atoms with Crippen molar-refractivity contribution in [3.05, 3.63) is 57.5 Å². The molecule has 0 bridgehead atoms. The second kappa shape index (κ2) is 5.67. The summed E-state index contributed by atoms with van der Waals surface area (Å²) in [6.45, 7) is 1.95. The minimum absolute atomic E-state index is 0.0251. The van der Waals surface area contributed by atoms with E-state index in [-0.39, 0.29) is 11.9 Å². The molecular weight excluding hydrogens is 319 g/mol. The Balaban J connectivity index is 2.13. The number of hydrogen-bond acceptors (Lipinski definition) is 2. The molecular formula is C13H11BrClFN2. The van der Waals surface area contributed by atoms with Crippen LogP contribution in [-0.4, -0.2) is 4.98 Å².